The number of allylic oxidation sites excluding steroid dienone is 2. The van der Waals surface area contributed by atoms with E-state index in [1.807, 2.05) is 50.2 Å². The zero-order valence-corrected chi connectivity index (χ0v) is 62.1. The molecule has 17 nitrogen and oxygen atoms in total. The molecule has 0 aromatic heterocycles. The fourth-order valence-electron chi connectivity index (χ4n) is 16.0. The summed E-state index contributed by atoms with van der Waals surface area (Å²) in [6, 6.07) is 23.8. The van der Waals surface area contributed by atoms with Crippen molar-refractivity contribution in [1.82, 2.24) is 9.44 Å². The largest absolute Gasteiger partial charge is 0.490 e. The standard InChI is InChI=1S/C40H55ClN2O7S.C38H51ClN2O6S/c1-28-7-5-9-37(49-22-21-48-20-19-47-18-17-46-3)34-13-10-32(34)25-43-26-40(16-6-8-30-23-33(41)12-14-35(30)40)27-50-38-15-11-31(24-36(38)43)39(44)42-51(4,45)29(28)2;1-26-7-5-9-35(46-20-19-45-18-17-44-3)32-13-10-30(32)23-41-24-38(16-6-8-28-21-31(39)12-14-33(28)38)25-47-36-15-11-29(22-34(36)41)37(42)40-48(4,43)27(26)2/h5,9,11-12,14-15,23-24,28-29,32,34,37H,4,6-8,10,13,16-22,25-27H2,1-3H3,(H,42,44,45);5,9,11-12,14-15,21-22,26-27,30,32,35H,4,6-8,10,13,16-20,23-25H2,1-3H3,(H,40,42,43)/b2*9-5+/t28-,29+,32-,34+,37-,40-,51?;26-,27+,30-,32+,35-,38-,48?/m00/s1. The molecule has 14 atom stereocenters. The number of amides is 2. The second-order valence-corrected chi connectivity index (χ2v) is 34.8. The first kappa shape index (κ1) is 75.0. The van der Waals surface area contributed by atoms with Crippen LogP contribution in [-0.2, 0) is 76.2 Å². The number of carbonyl (C=O) groups is 2. The molecule has 4 aromatic rings. The van der Waals surface area contributed by atoms with E-state index in [0.717, 1.165) is 123 Å². The highest BCUT2D eigenvalue weighted by Gasteiger charge is 2.47. The van der Waals surface area contributed by atoms with E-state index < -0.39 is 19.4 Å². The summed E-state index contributed by atoms with van der Waals surface area (Å²) in [5.74, 6) is 10.3. The number of nitrogens with zero attached hydrogens (tertiary/aromatic N) is 2. The Morgan fingerprint density at radius 3 is 1.34 bits per heavy atom. The number of hydrogen-bond donors (Lipinski definition) is 2. The number of halogens is 2. The van der Waals surface area contributed by atoms with Crippen molar-refractivity contribution in [3.05, 3.63) is 141 Å². The van der Waals surface area contributed by atoms with E-state index >= 15 is 0 Å². The van der Waals surface area contributed by atoms with Gasteiger partial charge >= 0.3 is 0 Å². The average Bonchev–Trinajstić information content (AvgIpc) is 1.69. The molecule has 21 heteroatoms. The molecule has 0 saturated heterocycles. The van der Waals surface area contributed by atoms with Gasteiger partial charge in [-0.1, -0.05) is 73.5 Å². The smallest absolute Gasteiger partial charge is 0.262 e. The third-order valence-electron chi connectivity index (χ3n) is 22.6. The zero-order valence-electron chi connectivity index (χ0n) is 59.0. The summed E-state index contributed by atoms with van der Waals surface area (Å²) in [5.41, 5.74) is 7.43. The molecule has 2 fully saturated rings. The van der Waals surface area contributed by atoms with Crippen molar-refractivity contribution in [2.75, 3.05) is 129 Å². The normalized spacial score (nSPS) is 32.0. The molecular weight excluding hydrogens is 1340 g/mol. The number of hydrogen-bond acceptors (Lipinski definition) is 15. The number of carbonyl (C=O) groups excluding carboxylic acids is 2. The molecule has 2 N–H and O–H groups in total. The van der Waals surface area contributed by atoms with Crippen molar-refractivity contribution in [3.63, 3.8) is 0 Å². The highest BCUT2D eigenvalue weighted by molar-refractivity contribution is 7.99. The van der Waals surface area contributed by atoms with Crippen LogP contribution in [0.4, 0.5) is 11.4 Å². The summed E-state index contributed by atoms with van der Waals surface area (Å²) in [6.07, 6.45) is 20.4. The van der Waals surface area contributed by atoms with E-state index in [1.54, 1.807) is 26.4 Å². The van der Waals surface area contributed by atoms with Gasteiger partial charge in [-0.25, -0.2) is 8.42 Å². The van der Waals surface area contributed by atoms with Crippen LogP contribution in [0.1, 0.15) is 135 Å². The first-order valence-corrected chi connectivity index (χ1v) is 40.3. The summed E-state index contributed by atoms with van der Waals surface area (Å²) in [4.78, 5) is 32.2. The van der Waals surface area contributed by atoms with Gasteiger partial charge in [0.25, 0.3) is 11.8 Å². The highest BCUT2D eigenvalue weighted by Crippen LogP contribution is 2.50. The fraction of sp³-hybridized carbons (Fsp3) is 0.590. The Kier molecular flexibility index (Phi) is 25.7. The molecule has 4 aromatic carbocycles. The number of fused-ring (bicyclic) bond motifs is 8. The van der Waals surface area contributed by atoms with E-state index in [2.05, 4.69) is 93.4 Å². The maximum absolute atomic E-state index is 13.9. The van der Waals surface area contributed by atoms with Gasteiger partial charge < -0.3 is 52.4 Å². The van der Waals surface area contributed by atoms with Gasteiger partial charge in [0.2, 0.25) is 0 Å². The minimum absolute atomic E-state index is 0.0270. The molecule has 2 amide bonds. The van der Waals surface area contributed by atoms with Crippen LogP contribution in [0, 0.1) is 35.5 Å². The Morgan fingerprint density at radius 2 is 0.949 bits per heavy atom. The molecule has 542 valence electrons. The first-order chi connectivity index (χ1) is 47.7. The van der Waals surface area contributed by atoms with Crippen LogP contribution in [0.5, 0.6) is 11.5 Å². The molecule has 8 aliphatic rings. The maximum Gasteiger partial charge on any atom is 0.262 e. The lowest BCUT2D eigenvalue weighted by molar-refractivity contribution is -0.0442. The molecule has 4 aliphatic carbocycles. The number of aryl methyl sites for hydroxylation is 2. The fourth-order valence-corrected chi connectivity index (χ4v) is 19.4. The maximum atomic E-state index is 13.9. The SMILES string of the molecule is C=S1(=O)NC(=O)c2ccc3c(c2)N(C[C@@H]2CC[C@H]2[C@@H](OCCOCCOC)/C=C/C[C@H](C)[C@H]1C)C[C@@]1(CCCc2cc(Cl)ccc21)CO3.C=S1(=O)NC(=O)c2ccc3c(c2)N(C[C@@H]2CC[C@H]2[C@@H](OCCOCCOCCOC)/C=C/C[C@H](C)[C@H]1C)C[C@@]1(CCCc2cc(Cl)ccc21)CO3. The van der Waals surface area contributed by atoms with Gasteiger partial charge in [0.15, 0.2) is 0 Å². The molecule has 2 saturated carbocycles. The van der Waals surface area contributed by atoms with Crippen molar-refractivity contribution in [2.24, 2.45) is 35.5 Å². The van der Waals surface area contributed by atoms with Crippen LogP contribution in [0.2, 0.25) is 10.0 Å². The van der Waals surface area contributed by atoms with Crippen LogP contribution in [-0.4, -0.2) is 174 Å². The topological polar surface area (TPSA) is 182 Å². The predicted molar refractivity (Wildman–Crippen MR) is 399 cm³/mol. The van der Waals surface area contributed by atoms with Crippen molar-refractivity contribution in [3.8, 4) is 11.5 Å². The Balaban J connectivity index is 0.000000200. The van der Waals surface area contributed by atoms with Crippen LogP contribution in [0.25, 0.3) is 0 Å². The van der Waals surface area contributed by atoms with Crippen molar-refractivity contribution in [1.29, 1.82) is 0 Å². The lowest BCUT2D eigenvalue weighted by Gasteiger charge is -2.46. The predicted octanol–water partition coefficient (Wildman–Crippen LogP) is 12.5. The Hall–Kier alpha value is -5.16. The van der Waals surface area contributed by atoms with Gasteiger partial charge in [0.1, 0.15) is 11.5 Å². The Bertz CT molecular complexity index is 3720. The van der Waals surface area contributed by atoms with Gasteiger partial charge in [-0.05, 0) is 221 Å². The van der Waals surface area contributed by atoms with Crippen LogP contribution < -0.4 is 28.7 Å². The molecule has 0 radical (unpaired) electrons. The number of methoxy groups -OCH3 is 2. The number of rotatable bonds is 17. The lowest BCUT2D eigenvalue weighted by Crippen LogP contribution is -2.49. The van der Waals surface area contributed by atoms with E-state index in [1.165, 1.54) is 22.3 Å². The van der Waals surface area contributed by atoms with Gasteiger partial charge in [-0.15, -0.1) is 0 Å². The summed E-state index contributed by atoms with van der Waals surface area (Å²) < 4.78 is 86.9. The van der Waals surface area contributed by atoms with Crippen LogP contribution in [0.3, 0.4) is 0 Å². The second-order valence-electron chi connectivity index (χ2n) is 29.1. The van der Waals surface area contributed by atoms with Gasteiger partial charge in [0, 0.05) is 82.9 Å². The summed E-state index contributed by atoms with van der Waals surface area (Å²) in [6.45, 7) is 17.4. The van der Waals surface area contributed by atoms with Crippen molar-refractivity contribution >= 4 is 77.5 Å². The Morgan fingerprint density at radius 1 is 0.545 bits per heavy atom. The number of benzene rings is 4. The van der Waals surface area contributed by atoms with Gasteiger partial charge in [-0.2, -0.15) is 0 Å². The average molecular weight is 1440 g/mol. The van der Waals surface area contributed by atoms with E-state index in [9.17, 15) is 18.0 Å². The molecule has 4 aliphatic heterocycles. The molecule has 4 heterocycles. The Labute approximate surface area is 599 Å². The second kappa shape index (κ2) is 34.0. The summed E-state index contributed by atoms with van der Waals surface area (Å²) >= 11 is 12.9. The number of nitrogens with one attached hydrogen (secondary N) is 2. The van der Waals surface area contributed by atoms with Crippen molar-refractivity contribution < 1.29 is 60.6 Å². The van der Waals surface area contributed by atoms with E-state index in [-0.39, 0.29) is 57.2 Å². The summed E-state index contributed by atoms with van der Waals surface area (Å²) in [5, 5.41) is 0.849. The minimum Gasteiger partial charge on any atom is -0.490 e. The van der Waals surface area contributed by atoms with Crippen molar-refractivity contribution in [2.45, 2.75) is 138 Å². The quantitative estimate of drug-likeness (QED) is 0.0578. The van der Waals surface area contributed by atoms with Crippen LogP contribution in [0.15, 0.2) is 97.1 Å². The van der Waals surface area contributed by atoms with E-state index in [4.69, 9.17) is 65.8 Å². The van der Waals surface area contributed by atoms with Gasteiger partial charge in [0.05, 0.1) is 122 Å². The zero-order chi connectivity index (χ0) is 69.9. The third kappa shape index (κ3) is 18.1. The number of ether oxygens (including phenoxy) is 9. The molecule has 4 bridgehead atoms. The molecule has 99 heavy (non-hydrogen) atoms. The molecular formula is C78H106Cl2N4O13S2. The molecule has 12 rings (SSSR count). The monoisotopic (exact) mass is 1440 g/mol. The first-order valence-electron chi connectivity index (χ1n) is 36.0. The van der Waals surface area contributed by atoms with E-state index in [0.29, 0.717) is 127 Å². The highest BCUT2D eigenvalue weighted by atomic mass is 35.5. The molecule has 2 spiro atoms. The summed E-state index contributed by atoms with van der Waals surface area (Å²) in [7, 11) is -2.55. The van der Waals surface area contributed by atoms with Crippen LogP contribution >= 0.6 is 23.2 Å². The molecule has 2 unspecified atom stereocenters. The lowest BCUT2D eigenvalue weighted by atomic mass is 9.68. The third-order valence-corrected chi connectivity index (χ3v) is 27.5. The van der Waals surface area contributed by atoms with Gasteiger partial charge in [-0.3, -0.25) is 19.0 Å². The minimum atomic E-state index is -2.94. The number of anilines is 2.